The molecule has 92 heavy (non-hydrogen) atoms. The molecule has 492 valence electrons. The fraction of sp³-hybridized carbons (Fsp3) is 0.412. The first-order valence-corrected chi connectivity index (χ1v) is 30.7. The van der Waals surface area contributed by atoms with E-state index in [1.54, 1.807) is 89.2 Å². The SMILES string of the molecule is CCC(=O)N[C@@H](Cc1ccc(OCC(=O)O)cc1)C(=O)N[C@@H](Cc1ccncc1)C(=O)N[C@@H](CC(=O)O)C(=O)N[C@@H](Cc1cccc(C)c1)C(=O)N[C@@H](CC(C)C)C(=O)N[C@@H](Cc1ccc(-c2ccccc2)cc1)C(=O)N[C@H](C(=O)N[C@@H](CCCN)C(C)=O)C(C)C. The summed E-state index contributed by atoms with van der Waals surface area (Å²) in [6.45, 7) is 11.5. The Morgan fingerprint density at radius 1 is 0.500 bits per heavy atom. The highest BCUT2D eigenvalue weighted by Gasteiger charge is 2.36. The van der Waals surface area contributed by atoms with Crippen LogP contribution in [-0.2, 0) is 78.4 Å². The number of carbonyl (C=O) groups excluding carboxylic acids is 9. The second-order valence-electron chi connectivity index (χ2n) is 23.4. The standard InChI is InChI=1S/C68H86N10O14/c1-8-58(80)71-53(34-45-21-25-50(26-22-45)92-39-60(83)84)63(86)74-54(36-46-27-30-70-31-28-46)64(87)77-57(38-59(81)82)66(89)76-56(37-47-15-12-14-42(6)33-47)65(88)73-52(32-40(2)3)62(85)75-55(35-44-19-23-49(24-20-44)48-16-10-9-11-17-48)67(90)78-61(41(4)5)68(91)72-51(43(7)79)18-13-29-69/h9-12,14-17,19-28,30-31,33,40-41,51-57,61H,8,13,18,29,32,34-39,69H2,1-7H3,(H,71,80)(H,72,91)(H,73,88)(H,74,86)(H,75,85)(H,76,89)(H,77,87)(H,78,90)(H,81,82)(H,83,84)/t51-,52-,53-,54-,55-,56-,57-,61-/m0/s1. The number of ketones is 1. The van der Waals surface area contributed by atoms with Crippen LogP contribution >= 0.6 is 0 Å². The van der Waals surface area contributed by atoms with Gasteiger partial charge in [-0.3, -0.25) is 52.9 Å². The van der Waals surface area contributed by atoms with E-state index in [2.05, 4.69) is 47.5 Å². The Labute approximate surface area is 535 Å². The number of hydrogen-bond acceptors (Lipinski definition) is 14. The lowest BCUT2D eigenvalue weighted by Gasteiger charge is -2.29. The summed E-state index contributed by atoms with van der Waals surface area (Å²) in [5, 5.41) is 40.8. The van der Waals surface area contributed by atoms with Gasteiger partial charge in [-0.1, -0.05) is 131 Å². The number of hydrogen-bond donors (Lipinski definition) is 11. The van der Waals surface area contributed by atoms with Crippen molar-refractivity contribution in [3.8, 4) is 16.9 Å². The van der Waals surface area contributed by atoms with Gasteiger partial charge in [0.05, 0.1) is 12.5 Å². The van der Waals surface area contributed by atoms with E-state index in [0.717, 1.165) is 16.7 Å². The number of rotatable bonds is 37. The number of nitrogens with two attached hydrogens (primary N) is 1. The van der Waals surface area contributed by atoms with Crippen LogP contribution in [0.5, 0.6) is 5.75 Å². The van der Waals surface area contributed by atoms with Gasteiger partial charge in [0.25, 0.3) is 0 Å². The Kier molecular flexibility index (Phi) is 29.1. The molecular weight excluding hydrogens is 1180 g/mol. The smallest absolute Gasteiger partial charge is 0.341 e. The molecule has 8 amide bonds. The van der Waals surface area contributed by atoms with Gasteiger partial charge in [0, 0.05) is 44.5 Å². The number of amides is 8. The molecule has 0 spiro atoms. The fourth-order valence-corrected chi connectivity index (χ4v) is 9.96. The van der Waals surface area contributed by atoms with E-state index in [-0.39, 0.29) is 68.9 Å². The summed E-state index contributed by atoms with van der Waals surface area (Å²) in [6, 6.07) is 22.2. The van der Waals surface area contributed by atoms with Crippen molar-refractivity contribution in [1.82, 2.24) is 47.5 Å². The minimum atomic E-state index is -1.88. The molecule has 24 heteroatoms. The number of ether oxygens (including phenoxy) is 1. The van der Waals surface area contributed by atoms with E-state index in [4.69, 9.17) is 15.6 Å². The minimum Gasteiger partial charge on any atom is -0.482 e. The topological polar surface area (TPSA) is 373 Å². The Balaban J connectivity index is 1.45. The first kappa shape index (κ1) is 72.9. The molecule has 1 heterocycles. The van der Waals surface area contributed by atoms with Gasteiger partial charge in [-0.05, 0) is 109 Å². The van der Waals surface area contributed by atoms with Gasteiger partial charge in [0.2, 0.25) is 47.3 Å². The quantitative estimate of drug-likeness (QED) is 0.0271. The fourth-order valence-electron chi connectivity index (χ4n) is 9.96. The van der Waals surface area contributed by atoms with Crippen LogP contribution in [0.25, 0.3) is 11.1 Å². The third-order valence-corrected chi connectivity index (χ3v) is 14.9. The van der Waals surface area contributed by atoms with Gasteiger partial charge in [-0.15, -0.1) is 0 Å². The molecule has 0 aliphatic heterocycles. The lowest BCUT2D eigenvalue weighted by Crippen LogP contribution is -2.61. The number of carboxylic acid groups (broad SMARTS) is 2. The average molecular weight is 1270 g/mol. The van der Waals surface area contributed by atoms with Gasteiger partial charge in [-0.2, -0.15) is 0 Å². The van der Waals surface area contributed by atoms with Crippen LogP contribution in [-0.4, -0.2) is 142 Å². The Hall–Kier alpha value is -9.84. The lowest BCUT2D eigenvalue weighted by atomic mass is 9.97. The summed E-state index contributed by atoms with van der Waals surface area (Å²) in [6.07, 6.45) is 2.02. The molecule has 0 saturated carbocycles. The monoisotopic (exact) mass is 1270 g/mol. The molecule has 5 aromatic rings. The highest BCUT2D eigenvalue weighted by molar-refractivity contribution is 5.99. The molecule has 5 rings (SSSR count). The predicted molar refractivity (Wildman–Crippen MR) is 343 cm³/mol. The maximum atomic E-state index is 14.9. The second-order valence-corrected chi connectivity index (χ2v) is 23.4. The number of nitrogens with zero attached hydrogens (tertiary/aromatic N) is 1. The lowest BCUT2D eigenvalue weighted by molar-refractivity contribution is -0.141. The Morgan fingerprint density at radius 3 is 1.47 bits per heavy atom. The number of aliphatic carboxylic acids is 2. The van der Waals surface area contributed by atoms with Crippen LogP contribution in [0.2, 0.25) is 0 Å². The van der Waals surface area contributed by atoms with E-state index < -0.39 is 126 Å². The highest BCUT2D eigenvalue weighted by atomic mass is 16.5. The summed E-state index contributed by atoms with van der Waals surface area (Å²) >= 11 is 0. The average Bonchev–Trinajstić information content (AvgIpc) is 1.19. The van der Waals surface area contributed by atoms with Crippen molar-refractivity contribution in [3.05, 3.63) is 155 Å². The summed E-state index contributed by atoms with van der Waals surface area (Å²) in [4.78, 5) is 155. The van der Waals surface area contributed by atoms with Gasteiger partial charge < -0.3 is 63.2 Å². The molecule has 0 radical (unpaired) electrons. The zero-order chi connectivity index (χ0) is 67.4. The van der Waals surface area contributed by atoms with Crippen LogP contribution in [0.4, 0.5) is 0 Å². The van der Waals surface area contributed by atoms with E-state index in [1.165, 1.54) is 31.5 Å². The number of nitrogens with one attached hydrogen (secondary N) is 8. The van der Waals surface area contributed by atoms with Gasteiger partial charge in [-0.25, -0.2) is 4.79 Å². The number of aromatic nitrogens is 1. The molecule has 0 aliphatic carbocycles. The maximum absolute atomic E-state index is 14.9. The number of Topliss-reactive ketones (excluding diaryl/α,β-unsaturated/α-hetero) is 1. The Morgan fingerprint density at radius 2 is 0.967 bits per heavy atom. The number of aryl methyl sites for hydroxylation is 1. The zero-order valence-corrected chi connectivity index (χ0v) is 53.0. The highest BCUT2D eigenvalue weighted by Crippen LogP contribution is 2.21. The van der Waals surface area contributed by atoms with E-state index in [9.17, 15) is 57.8 Å². The number of pyridine rings is 1. The molecule has 0 saturated heterocycles. The first-order chi connectivity index (χ1) is 43.8. The summed E-state index contributed by atoms with van der Waals surface area (Å²) in [7, 11) is 0. The third kappa shape index (κ3) is 24.5. The molecule has 8 atom stereocenters. The van der Waals surface area contributed by atoms with Gasteiger partial charge in [0.15, 0.2) is 12.4 Å². The molecule has 0 bridgehead atoms. The molecule has 12 N–H and O–H groups in total. The molecule has 1 aromatic heterocycles. The summed E-state index contributed by atoms with van der Waals surface area (Å²) in [5.41, 5.74) is 10.5. The first-order valence-electron chi connectivity index (χ1n) is 30.7. The van der Waals surface area contributed by atoms with Crippen molar-refractivity contribution in [2.75, 3.05) is 13.2 Å². The van der Waals surface area contributed by atoms with Crippen molar-refractivity contribution in [3.63, 3.8) is 0 Å². The van der Waals surface area contributed by atoms with Gasteiger partial charge >= 0.3 is 11.9 Å². The summed E-state index contributed by atoms with van der Waals surface area (Å²) in [5.74, 6) is -10.1. The largest absolute Gasteiger partial charge is 0.482 e. The predicted octanol–water partition coefficient (Wildman–Crippen LogP) is 3.58. The van der Waals surface area contributed by atoms with Crippen molar-refractivity contribution in [1.29, 1.82) is 0 Å². The van der Waals surface area contributed by atoms with Crippen molar-refractivity contribution in [2.24, 2.45) is 17.6 Å². The molecule has 24 nitrogen and oxygen atoms in total. The van der Waals surface area contributed by atoms with E-state index in [1.807, 2.05) is 55.5 Å². The molecule has 0 unspecified atom stereocenters. The second kappa shape index (κ2) is 36.7. The molecular formula is C68H86N10O14. The third-order valence-electron chi connectivity index (χ3n) is 14.9. The zero-order valence-electron chi connectivity index (χ0n) is 53.0. The molecule has 4 aromatic carbocycles. The molecule has 0 fully saturated rings. The van der Waals surface area contributed by atoms with E-state index >= 15 is 0 Å². The number of carboxylic acids is 2. The molecule has 0 aliphatic rings. The van der Waals surface area contributed by atoms with E-state index in [0.29, 0.717) is 28.7 Å². The van der Waals surface area contributed by atoms with Crippen LogP contribution in [0, 0.1) is 18.8 Å². The van der Waals surface area contributed by atoms with Crippen LogP contribution in [0.15, 0.2) is 128 Å². The van der Waals surface area contributed by atoms with Crippen molar-refractivity contribution in [2.45, 2.75) is 155 Å². The van der Waals surface area contributed by atoms with Crippen molar-refractivity contribution >= 4 is 65.0 Å². The van der Waals surface area contributed by atoms with Crippen molar-refractivity contribution < 1.29 is 67.7 Å². The van der Waals surface area contributed by atoms with Crippen LogP contribution in [0.3, 0.4) is 0 Å². The van der Waals surface area contributed by atoms with Crippen LogP contribution < -0.4 is 53.0 Å². The van der Waals surface area contributed by atoms with Gasteiger partial charge in [0.1, 0.15) is 48.0 Å². The normalized spacial score (nSPS) is 13.7. The Bertz CT molecular complexity index is 3310. The number of benzene rings is 4. The summed E-state index contributed by atoms with van der Waals surface area (Å²) < 4.78 is 5.22. The maximum Gasteiger partial charge on any atom is 0.341 e. The number of carbonyl (C=O) groups is 11. The van der Waals surface area contributed by atoms with Crippen LogP contribution in [0.1, 0.15) is 101 Å². The minimum absolute atomic E-state index is 0.0101.